The highest BCUT2D eigenvalue weighted by Crippen LogP contribution is 2.37. The fraction of sp³-hybridized carbons (Fsp3) is 0.444. The molecular weight excluding hydrogens is 402 g/mol. The smallest absolute Gasteiger partial charge is 0.266 e. The van der Waals surface area contributed by atoms with E-state index in [1.54, 1.807) is 6.08 Å². The molecule has 1 unspecified atom stereocenters. The highest BCUT2D eigenvalue weighted by atomic mass is 32.2. The van der Waals surface area contributed by atoms with Crippen LogP contribution in [-0.2, 0) is 21.4 Å². The van der Waals surface area contributed by atoms with Gasteiger partial charge >= 0.3 is 0 Å². The van der Waals surface area contributed by atoms with E-state index in [4.69, 9.17) is 9.47 Å². The molecule has 2 aliphatic heterocycles. The first-order chi connectivity index (χ1) is 13.4. The molecule has 1 aromatic carbocycles. The second-order valence-electron chi connectivity index (χ2n) is 6.79. The van der Waals surface area contributed by atoms with Gasteiger partial charge in [-0.1, -0.05) is 23.8 Å². The lowest BCUT2D eigenvalue weighted by molar-refractivity contribution is -0.122. The number of thiazole rings is 1. The number of rotatable bonds is 4. The summed E-state index contributed by atoms with van der Waals surface area (Å²) in [6, 6.07) is 2.99. The first-order valence-electron chi connectivity index (χ1n) is 8.98. The topological polar surface area (TPSA) is 90.2 Å². The second-order valence-corrected chi connectivity index (χ2v) is 9.74. The minimum atomic E-state index is -3.46. The molecule has 1 atom stereocenters. The Balaban J connectivity index is 1.79. The average molecular weight is 424 g/mol. The van der Waals surface area contributed by atoms with Crippen LogP contribution in [0.25, 0.3) is 10.2 Å². The summed E-state index contributed by atoms with van der Waals surface area (Å²) in [5.74, 6) is 0.874. The Morgan fingerprint density at radius 3 is 2.82 bits per heavy atom. The van der Waals surface area contributed by atoms with E-state index in [0.717, 1.165) is 29.3 Å². The zero-order valence-electron chi connectivity index (χ0n) is 15.5. The van der Waals surface area contributed by atoms with Crippen LogP contribution in [0.4, 0.5) is 0 Å². The Kier molecular flexibility index (Phi) is 5.02. The van der Waals surface area contributed by atoms with Crippen molar-refractivity contribution in [2.45, 2.75) is 31.8 Å². The second kappa shape index (κ2) is 7.34. The van der Waals surface area contributed by atoms with Crippen LogP contribution in [-0.4, -0.2) is 48.8 Å². The maximum absolute atomic E-state index is 12.9. The molecular formula is C18H21N3O5S2. The number of benzene rings is 1. The van der Waals surface area contributed by atoms with Gasteiger partial charge in [-0.3, -0.25) is 4.79 Å². The van der Waals surface area contributed by atoms with Crippen molar-refractivity contribution in [3.05, 3.63) is 29.6 Å². The number of amides is 1. The fourth-order valence-corrected chi connectivity index (χ4v) is 5.74. The number of hydrogen-bond acceptors (Lipinski definition) is 6. The monoisotopic (exact) mass is 423 g/mol. The molecule has 2 aromatic rings. The van der Waals surface area contributed by atoms with Crippen LogP contribution in [0.1, 0.15) is 19.3 Å². The summed E-state index contributed by atoms with van der Waals surface area (Å²) in [5, 5.41) is 0. The number of fused-ring (bicyclic) bond motifs is 2. The van der Waals surface area contributed by atoms with Gasteiger partial charge in [-0.25, -0.2) is 8.42 Å². The number of ether oxygens (including phenoxy) is 2. The van der Waals surface area contributed by atoms with Gasteiger partial charge in [-0.05, 0) is 12.8 Å². The normalized spacial score (nSPS) is 20.6. The number of hydrogen-bond donors (Lipinski definition) is 0. The number of allylic oxidation sites excluding steroid dienone is 1. The molecule has 1 amide bonds. The van der Waals surface area contributed by atoms with Gasteiger partial charge in [0, 0.05) is 25.2 Å². The Hall–Kier alpha value is -2.17. The molecule has 0 N–H and O–H groups in total. The van der Waals surface area contributed by atoms with Crippen LogP contribution < -0.4 is 14.3 Å². The van der Waals surface area contributed by atoms with Crippen molar-refractivity contribution >= 4 is 37.5 Å². The Labute approximate surface area is 166 Å². The van der Waals surface area contributed by atoms with Crippen molar-refractivity contribution in [3.63, 3.8) is 0 Å². The SMILES string of the molecule is C=CCn1c(=NC(=O)C2CCCCN2S(C)(=O)=O)sc2cc3c(cc21)OCO3. The minimum Gasteiger partial charge on any atom is -0.454 e. The first-order valence-corrected chi connectivity index (χ1v) is 11.6. The summed E-state index contributed by atoms with van der Waals surface area (Å²) in [6.45, 7) is 4.79. The van der Waals surface area contributed by atoms with Gasteiger partial charge in [0.25, 0.3) is 5.91 Å². The summed E-state index contributed by atoms with van der Waals surface area (Å²) < 4.78 is 39.1. The molecule has 1 saturated heterocycles. The summed E-state index contributed by atoms with van der Waals surface area (Å²) in [5.41, 5.74) is 0.865. The van der Waals surface area contributed by atoms with Crippen LogP contribution in [0.2, 0.25) is 0 Å². The van der Waals surface area contributed by atoms with Gasteiger partial charge in [0.15, 0.2) is 16.3 Å². The third kappa shape index (κ3) is 3.47. The van der Waals surface area contributed by atoms with Crippen LogP contribution >= 0.6 is 11.3 Å². The van der Waals surface area contributed by atoms with E-state index >= 15 is 0 Å². The van der Waals surface area contributed by atoms with Crippen molar-refractivity contribution in [1.29, 1.82) is 0 Å². The van der Waals surface area contributed by atoms with Gasteiger partial charge in [-0.2, -0.15) is 9.30 Å². The molecule has 0 saturated carbocycles. The summed E-state index contributed by atoms with van der Waals surface area (Å²) in [4.78, 5) is 17.7. The molecule has 1 aromatic heterocycles. The van der Waals surface area contributed by atoms with Crippen molar-refractivity contribution in [1.82, 2.24) is 8.87 Å². The van der Waals surface area contributed by atoms with E-state index in [1.165, 1.54) is 15.6 Å². The van der Waals surface area contributed by atoms with Crippen molar-refractivity contribution in [2.75, 3.05) is 19.6 Å². The van der Waals surface area contributed by atoms with E-state index in [0.29, 0.717) is 35.8 Å². The molecule has 0 aliphatic carbocycles. The summed E-state index contributed by atoms with van der Waals surface area (Å²) in [6.07, 6.45) is 4.90. The Morgan fingerprint density at radius 2 is 2.11 bits per heavy atom. The number of sulfonamides is 1. The lowest BCUT2D eigenvalue weighted by atomic mass is 10.0. The van der Waals surface area contributed by atoms with Gasteiger partial charge in [0.2, 0.25) is 16.8 Å². The van der Waals surface area contributed by atoms with E-state index < -0.39 is 22.0 Å². The third-order valence-electron chi connectivity index (χ3n) is 4.86. The van der Waals surface area contributed by atoms with Gasteiger partial charge in [0.05, 0.1) is 16.5 Å². The number of carbonyl (C=O) groups excluding carboxylic acids is 1. The van der Waals surface area contributed by atoms with Crippen molar-refractivity contribution < 1.29 is 22.7 Å². The largest absolute Gasteiger partial charge is 0.454 e. The molecule has 1 fully saturated rings. The van der Waals surface area contributed by atoms with Crippen molar-refractivity contribution in [3.8, 4) is 11.5 Å². The molecule has 2 aliphatic rings. The number of aromatic nitrogens is 1. The molecule has 0 spiro atoms. The average Bonchev–Trinajstić information content (AvgIpc) is 3.24. The summed E-state index contributed by atoms with van der Waals surface area (Å²) in [7, 11) is -3.46. The van der Waals surface area contributed by atoms with E-state index in [9.17, 15) is 13.2 Å². The van der Waals surface area contributed by atoms with Crippen LogP contribution in [0.3, 0.4) is 0 Å². The highest BCUT2D eigenvalue weighted by molar-refractivity contribution is 7.88. The first kappa shape index (κ1) is 19.2. The zero-order chi connectivity index (χ0) is 19.9. The van der Waals surface area contributed by atoms with Crippen LogP contribution in [0.5, 0.6) is 11.5 Å². The predicted octanol–water partition coefficient (Wildman–Crippen LogP) is 1.86. The fourth-order valence-electron chi connectivity index (χ4n) is 3.57. The molecule has 0 radical (unpaired) electrons. The molecule has 0 bridgehead atoms. The Bertz CT molecular complexity index is 1120. The standard InChI is InChI=1S/C18H21N3O5S2/c1-3-7-20-13-9-14-15(26-11-25-14)10-16(13)27-18(20)19-17(22)12-6-4-5-8-21(12)28(2,23)24/h3,9-10,12H,1,4-8,11H2,2H3. The van der Waals surface area contributed by atoms with Gasteiger partial charge in [0.1, 0.15) is 6.04 Å². The lowest BCUT2D eigenvalue weighted by Crippen LogP contribution is -2.47. The molecule has 150 valence electrons. The van der Waals surface area contributed by atoms with Crippen LogP contribution in [0.15, 0.2) is 29.8 Å². The molecule has 28 heavy (non-hydrogen) atoms. The number of piperidine rings is 1. The maximum Gasteiger partial charge on any atom is 0.266 e. The van der Waals surface area contributed by atoms with Gasteiger partial charge < -0.3 is 14.0 Å². The molecule has 10 heteroatoms. The lowest BCUT2D eigenvalue weighted by Gasteiger charge is -2.31. The Morgan fingerprint density at radius 1 is 1.36 bits per heavy atom. The van der Waals surface area contributed by atoms with E-state index in [1.807, 2.05) is 16.7 Å². The number of carbonyl (C=O) groups is 1. The minimum absolute atomic E-state index is 0.187. The third-order valence-corrected chi connectivity index (χ3v) is 7.19. The number of nitrogens with zero attached hydrogens (tertiary/aromatic N) is 3. The molecule has 3 heterocycles. The van der Waals surface area contributed by atoms with Crippen LogP contribution in [0, 0.1) is 0 Å². The van der Waals surface area contributed by atoms with E-state index in [-0.39, 0.29) is 6.79 Å². The maximum atomic E-state index is 12.9. The summed E-state index contributed by atoms with van der Waals surface area (Å²) >= 11 is 1.36. The predicted molar refractivity (Wildman–Crippen MR) is 106 cm³/mol. The van der Waals surface area contributed by atoms with Gasteiger partial charge in [-0.15, -0.1) is 6.58 Å². The van der Waals surface area contributed by atoms with E-state index in [2.05, 4.69) is 11.6 Å². The molecule has 4 rings (SSSR count). The molecule has 8 nitrogen and oxygen atoms in total. The zero-order valence-corrected chi connectivity index (χ0v) is 17.1. The quantitative estimate of drug-likeness (QED) is 0.700. The van der Waals surface area contributed by atoms with Crippen molar-refractivity contribution in [2.24, 2.45) is 4.99 Å². The highest BCUT2D eigenvalue weighted by Gasteiger charge is 2.34.